The van der Waals surface area contributed by atoms with Gasteiger partial charge < -0.3 is 19.9 Å². The molecular weight excluding hydrogens is 354 g/mol. The highest BCUT2D eigenvalue weighted by Crippen LogP contribution is 2.20. The van der Waals surface area contributed by atoms with E-state index >= 15 is 0 Å². The quantitative estimate of drug-likeness (QED) is 0.733. The number of H-pyrrole nitrogens is 1. The zero-order valence-corrected chi connectivity index (χ0v) is 15.8. The lowest BCUT2D eigenvalue weighted by Crippen LogP contribution is -2.46. The van der Waals surface area contributed by atoms with Crippen LogP contribution >= 0.6 is 0 Å². The number of methoxy groups -OCH3 is 1. The SMILES string of the molecule is COc1ccccc1C(=O)NC1CCN(C(=O)c2cc3ccccc3[nH]2)CC1. The smallest absolute Gasteiger partial charge is 0.270 e. The Kier molecular flexibility index (Phi) is 5.02. The second-order valence-corrected chi connectivity index (χ2v) is 7.01. The van der Waals surface area contributed by atoms with Crippen molar-refractivity contribution >= 4 is 22.7 Å². The van der Waals surface area contributed by atoms with E-state index in [9.17, 15) is 9.59 Å². The van der Waals surface area contributed by atoms with Crippen LogP contribution in [0.1, 0.15) is 33.7 Å². The normalized spacial score (nSPS) is 14.8. The van der Waals surface area contributed by atoms with Crippen LogP contribution in [0.4, 0.5) is 0 Å². The highest BCUT2D eigenvalue weighted by atomic mass is 16.5. The minimum Gasteiger partial charge on any atom is -0.496 e. The second kappa shape index (κ2) is 7.76. The van der Waals surface area contributed by atoms with Gasteiger partial charge in [-0.25, -0.2) is 0 Å². The summed E-state index contributed by atoms with van der Waals surface area (Å²) in [4.78, 5) is 30.4. The summed E-state index contributed by atoms with van der Waals surface area (Å²) in [6.45, 7) is 1.23. The van der Waals surface area contributed by atoms with Gasteiger partial charge in [0.15, 0.2) is 0 Å². The predicted octanol–water partition coefficient (Wildman–Crippen LogP) is 3.21. The van der Waals surface area contributed by atoms with E-state index in [1.54, 1.807) is 19.2 Å². The number of ether oxygens (including phenoxy) is 1. The maximum atomic E-state index is 12.8. The molecule has 4 rings (SSSR count). The summed E-state index contributed by atoms with van der Waals surface area (Å²) in [6, 6.07) is 17.0. The summed E-state index contributed by atoms with van der Waals surface area (Å²) >= 11 is 0. The number of nitrogens with one attached hydrogen (secondary N) is 2. The number of likely N-dealkylation sites (tertiary alicyclic amines) is 1. The molecule has 0 saturated carbocycles. The van der Waals surface area contributed by atoms with Crippen LogP contribution in [0.3, 0.4) is 0 Å². The van der Waals surface area contributed by atoms with Crippen molar-refractivity contribution in [1.29, 1.82) is 0 Å². The number of carbonyl (C=O) groups excluding carboxylic acids is 2. The van der Waals surface area contributed by atoms with Crippen LogP contribution in [-0.4, -0.2) is 47.9 Å². The highest BCUT2D eigenvalue weighted by Gasteiger charge is 2.26. The Morgan fingerprint density at radius 3 is 2.54 bits per heavy atom. The van der Waals surface area contributed by atoms with Gasteiger partial charge in [-0.05, 0) is 37.1 Å². The molecule has 0 bridgehead atoms. The van der Waals surface area contributed by atoms with Gasteiger partial charge in [0.1, 0.15) is 11.4 Å². The van der Waals surface area contributed by atoms with Crippen LogP contribution in [0.2, 0.25) is 0 Å². The average Bonchev–Trinajstić information content (AvgIpc) is 3.18. The Bertz CT molecular complexity index is 970. The molecule has 0 aliphatic carbocycles. The van der Waals surface area contributed by atoms with E-state index in [0.717, 1.165) is 23.7 Å². The minimum atomic E-state index is -0.141. The maximum absolute atomic E-state index is 12.8. The standard InChI is InChI=1S/C22H23N3O3/c1-28-20-9-5-3-7-17(20)21(26)23-16-10-12-25(13-11-16)22(27)19-14-15-6-2-4-8-18(15)24-19/h2-9,14,16,24H,10-13H2,1H3,(H,23,26). The van der Waals surface area contributed by atoms with E-state index in [2.05, 4.69) is 10.3 Å². The summed E-state index contributed by atoms with van der Waals surface area (Å²) in [6.07, 6.45) is 1.46. The third-order valence-corrected chi connectivity index (χ3v) is 5.23. The Hall–Kier alpha value is -3.28. The number of aromatic nitrogens is 1. The first-order valence-corrected chi connectivity index (χ1v) is 9.46. The molecule has 2 amide bonds. The molecule has 1 aliphatic rings. The molecule has 1 aromatic heterocycles. The van der Waals surface area contributed by atoms with Gasteiger partial charge in [-0.2, -0.15) is 0 Å². The predicted molar refractivity (Wildman–Crippen MR) is 108 cm³/mol. The van der Waals surface area contributed by atoms with Crippen LogP contribution in [0.25, 0.3) is 10.9 Å². The van der Waals surface area contributed by atoms with Gasteiger partial charge in [0, 0.05) is 30.0 Å². The molecule has 2 N–H and O–H groups in total. The number of piperidine rings is 1. The lowest BCUT2D eigenvalue weighted by molar-refractivity contribution is 0.0693. The molecular formula is C22H23N3O3. The number of rotatable bonds is 4. The number of hydrogen-bond donors (Lipinski definition) is 2. The van der Waals surface area contributed by atoms with Crippen LogP contribution in [0.15, 0.2) is 54.6 Å². The molecule has 1 aliphatic heterocycles. The zero-order valence-electron chi connectivity index (χ0n) is 15.8. The summed E-state index contributed by atoms with van der Waals surface area (Å²) < 4.78 is 5.26. The fourth-order valence-corrected chi connectivity index (χ4v) is 3.68. The summed E-state index contributed by atoms with van der Waals surface area (Å²) in [7, 11) is 1.56. The van der Waals surface area contributed by atoms with E-state index in [1.807, 2.05) is 47.4 Å². The summed E-state index contributed by atoms with van der Waals surface area (Å²) in [5.41, 5.74) is 2.10. The average molecular weight is 377 g/mol. The molecule has 0 unspecified atom stereocenters. The minimum absolute atomic E-state index is 0.00528. The Morgan fingerprint density at radius 1 is 1.07 bits per heavy atom. The van der Waals surface area contributed by atoms with E-state index in [0.29, 0.717) is 30.1 Å². The first-order chi connectivity index (χ1) is 13.7. The lowest BCUT2D eigenvalue weighted by atomic mass is 10.0. The topological polar surface area (TPSA) is 74.4 Å². The van der Waals surface area contributed by atoms with Crippen molar-refractivity contribution in [3.8, 4) is 5.75 Å². The lowest BCUT2D eigenvalue weighted by Gasteiger charge is -2.32. The third-order valence-electron chi connectivity index (χ3n) is 5.23. The molecule has 2 heterocycles. The molecule has 3 aromatic rings. The van der Waals surface area contributed by atoms with Crippen LogP contribution in [0, 0.1) is 0 Å². The fraction of sp³-hybridized carbons (Fsp3) is 0.273. The Morgan fingerprint density at radius 2 is 1.79 bits per heavy atom. The van der Waals surface area contributed by atoms with E-state index < -0.39 is 0 Å². The fourth-order valence-electron chi connectivity index (χ4n) is 3.68. The molecule has 0 spiro atoms. The number of benzene rings is 2. The highest BCUT2D eigenvalue weighted by molar-refractivity contribution is 5.98. The first kappa shape index (κ1) is 18.1. The van der Waals surface area contributed by atoms with Gasteiger partial charge in [-0.1, -0.05) is 30.3 Å². The van der Waals surface area contributed by atoms with Gasteiger partial charge >= 0.3 is 0 Å². The van der Waals surface area contributed by atoms with E-state index in [1.165, 1.54) is 0 Å². The molecule has 2 aromatic carbocycles. The molecule has 6 heteroatoms. The van der Waals surface area contributed by atoms with Crippen molar-refractivity contribution in [2.24, 2.45) is 0 Å². The van der Waals surface area contributed by atoms with Crippen molar-refractivity contribution in [3.05, 3.63) is 65.9 Å². The molecule has 6 nitrogen and oxygen atoms in total. The van der Waals surface area contributed by atoms with Crippen LogP contribution < -0.4 is 10.1 Å². The van der Waals surface area contributed by atoms with Gasteiger partial charge in [-0.15, -0.1) is 0 Å². The van der Waals surface area contributed by atoms with Gasteiger partial charge in [0.2, 0.25) is 0 Å². The summed E-state index contributed by atoms with van der Waals surface area (Å²) in [5.74, 6) is 0.426. The number of nitrogens with zero attached hydrogens (tertiary/aromatic N) is 1. The molecule has 28 heavy (non-hydrogen) atoms. The number of aromatic amines is 1. The molecule has 0 radical (unpaired) electrons. The van der Waals surface area contributed by atoms with E-state index in [-0.39, 0.29) is 17.9 Å². The van der Waals surface area contributed by atoms with Gasteiger partial charge in [0.05, 0.1) is 12.7 Å². The van der Waals surface area contributed by atoms with Crippen LogP contribution in [-0.2, 0) is 0 Å². The zero-order chi connectivity index (χ0) is 19.5. The number of fused-ring (bicyclic) bond motifs is 1. The first-order valence-electron chi connectivity index (χ1n) is 9.46. The Labute approximate surface area is 163 Å². The molecule has 0 atom stereocenters. The number of para-hydroxylation sites is 2. The van der Waals surface area contributed by atoms with Crippen molar-refractivity contribution in [2.45, 2.75) is 18.9 Å². The Balaban J connectivity index is 1.36. The third kappa shape index (κ3) is 3.58. The number of amides is 2. The second-order valence-electron chi connectivity index (χ2n) is 7.01. The van der Waals surface area contributed by atoms with Crippen molar-refractivity contribution in [3.63, 3.8) is 0 Å². The van der Waals surface area contributed by atoms with Crippen LogP contribution in [0.5, 0.6) is 5.75 Å². The maximum Gasteiger partial charge on any atom is 0.270 e. The van der Waals surface area contributed by atoms with Crippen molar-refractivity contribution < 1.29 is 14.3 Å². The van der Waals surface area contributed by atoms with Gasteiger partial charge in [-0.3, -0.25) is 9.59 Å². The largest absolute Gasteiger partial charge is 0.496 e. The number of carbonyl (C=O) groups is 2. The van der Waals surface area contributed by atoms with Crippen molar-refractivity contribution in [2.75, 3.05) is 20.2 Å². The van der Waals surface area contributed by atoms with E-state index in [4.69, 9.17) is 4.74 Å². The number of hydrogen-bond acceptors (Lipinski definition) is 3. The van der Waals surface area contributed by atoms with Crippen molar-refractivity contribution in [1.82, 2.24) is 15.2 Å². The summed E-state index contributed by atoms with van der Waals surface area (Å²) in [5, 5.41) is 4.10. The van der Waals surface area contributed by atoms with Gasteiger partial charge in [0.25, 0.3) is 11.8 Å². The molecule has 144 valence electrons. The molecule has 1 saturated heterocycles. The monoisotopic (exact) mass is 377 g/mol. The molecule has 1 fully saturated rings.